The molecule has 0 saturated heterocycles. The molecule has 1 atom stereocenters. The van der Waals surface area contributed by atoms with Gasteiger partial charge in [-0.1, -0.05) is 37.3 Å². The first-order valence-corrected chi connectivity index (χ1v) is 5.52. The predicted octanol–water partition coefficient (Wildman–Crippen LogP) is 1.69. The summed E-state index contributed by atoms with van der Waals surface area (Å²) in [4.78, 5) is 15.6. The minimum absolute atomic E-state index is 0.00574. The number of H-pyrrole nitrogens is 1. The standard InChI is InChI=1S/C12H14N4O/c1-2-10(9-6-4-3-5-7-9)15-12(17)11-13-8-14-16-11/h3-8,10H,2H2,1H3,(H,15,17)(H,13,14,16)/t10-/m1/s1. The largest absolute Gasteiger partial charge is 0.343 e. The number of nitrogens with one attached hydrogen (secondary N) is 2. The number of carbonyl (C=O) groups excluding carboxylic acids is 1. The van der Waals surface area contributed by atoms with Crippen molar-refractivity contribution >= 4 is 5.91 Å². The van der Waals surface area contributed by atoms with Gasteiger partial charge in [0.15, 0.2) is 0 Å². The normalized spacial score (nSPS) is 12.1. The molecular weight excluding hydrogens is 216 g/mol. The Kier molecular flexibility index (Phi) is 3.49. The van der Waals surface area contributed by atoms with E-state index in [-0.39, 0.29) is 17.8 Å². The minimum atomic E-state index is -0.238. The Morgan fingerprint density at radius 1 is 1.41 bits per heavy atom. The predicted molar refractivity (Wildman–Crippen MR) is 63.3 cm³/mol. The van der Waals surface area contributed by atoms with Gasteiger partial charge >= 0.3 is 0 Å². The third-order valence-corrected chi connectivity index (χ3v) is 2.55. The highest BCUT2D eigenvalue weighted by atomic mass is 16.2. The van der Waals surface area contributed by atoms with Crippen LogP contribution in [0.15, 0.2) is 36.7 Å². The number of aromatic amines is 1. The summed E-state index contributed by atoms with van der Waals surface area (Å²) < 4.78 is 0. The Labute approximate surface area is 99.3 Å². The minimum Gasteiger partial charge on any atom is -0.343 e. The van der Waals surface area contributed by atoms with Gasteiger partial charge in [-0.05, 0) is 12.0 Å². The van der Waals surface area contributed by atoms with Crippen molar-refractivity contribution in [3.8, 4) is 0 Å². The third-order valence-electron chi connectivity index (χ3n) is 2.55. The molecule has 1 aromatic carbocycles. The highest BCUT2D eigenvalue weighted by Gasteiger charge is 2.15. The molecule has 1 heterocycles. The lowest BCUT2D eigenvalue weighted by molar-refractivity contribution is 0.0925. The third kappa shape index (κ3) is 2.69. The molecule has 2 rings (SSSR count). The van der Waals surface area contributed by atoms with E-state index >= 15 is 0 Å². The van der Waals surface area contributed by atoms with E-state index in [1.807, 2.05) is 37.3 Å². The number of amides is 1. The fourth-order valence-electron chi connectivity index (χ4n) is 1.65. The van der Waals surface area contributed by atoms with Gasteiger partial charge in [-0.15, -0.1) is 0 Å². The number of benzene rings is 1. The topological polar surface area (TPSA) is 70.7 Å². The number of aromatic nitrogens is 3. The maximum atomic E-state index is 11.8. The van der Waals surface area contributed by atoms with Crippen molar-refractivity contribution < 1.29 is 4.79 Å². The number of rotatable bonds is 4. The van der Waals surface area contributed by atoms with Crippen LogP contribution in [0.2, 0.25) is 0 Å². The Balaban J connectivity index is 2.09. The molecule has 17 heavy (non-hydrogen) atoms. The van der Waals surface area contributed by atoms with E-state index < -0.39 is 0 Å². The average Bonchev–Trinajstić information content (AvgIpc) is 2.90. The van der Waals surface area contributed by atoms with Gasteiger partial charge in [-0.25, -0.2) is 4.98 Å². The molecular formula is C12H14N4O. The van der Waals surface area contributed by atoms with Crippen LogP contribution < -0.4 is 5.32 Å². The van der Waals surface area contributed by atoms with E-state index in [2.05, 4.69) is 20.5 Å². The lowest BCUT2D eigenvalue weighted by Gasteiger charge is -2.16. The molecule has 0 fully saturated rings. The fourth-order valence-corrected chi connectivity index (χ4v) is 1.65. The monoisotopic (exact) mass is 230 g/mol. The van der Waals surface area contributed by atoms with E-state index in [9.17, 15) is 4.79 Å². The summed E-state index contributed by atoms with van der Waals surface area (Å²) in [7, 11) is 0. The Morgan fingerprint density at radius 2 is 2.18 bits per heavy atom. The van der Waals surface area contributed by atoms with Crippen molar-refractivity contribution in [2.45, 2.75) is 19.4 Å². The van der Waals surface area contributed by atoms with Gasteiger partial charge < -0.3 is 5.32 Å². The molecule has 0 bridgehead atoms. The van der Waals surface area contributed by atoms with Gasteiger partial charge in [0, 0.05) is 0 Å². The van der Waals surface area contributed by atoms with Crippen molar-refractivity contribution in [1.82, 2.24) is 20.5 Å². The second-order valence-corrected chi connectivity index (χ2v) is 3.68. The summed E-state index contributed by atoms with van der Waals surface area (Å²) in [6, 6.07) is 9.85. The second kappa shape index (κ2) is 5.25. The maximum absolute atomic E-state index is 11.8. The first kappa shape index (κ1) is 11.3. The molecule has 0 aliphatic heterocycles. The van der Waals surface area contributed by atoms with Crippen LogP contribution in [0.3, 0.4) is 0 Å². The Hall–Kier alpha value is -2.17. The average molecular weight is 230 g/mol. The fraction of sp³-hybridized carbons (Fsp3) is 0.250. The molecule has 88 valence electrons. The summed E-state index contributed by atoms with van der Waals surface area (Å²) in [6.45, 7) is 2.03. The molecule has 0 radical (unpaired) electrons. The summed E-state index contributed by atoms with van der Waals surface area (Å²) >= 11 is 0. The quantitative estimate of drug-likeness (QED) is 0.839. The zero-order valence-electron chi connectivity index (χ0n) is 9.55. The van der Waals surface area contributed by atoms with Crippen LogP contribution in [0.1, 0.15) is 35.6 Å². The van der Waals surface area contributed by atoms with E-state index in [1.54, 1.807) is 0 Å². The molecule has 5 nitrogen and oxygen atoms in total. The highest BCUT2D eigenvalue weighted by Crippen LogP contribution is 2.15. The number of carbonyl (C=O) groups is 1. The molecule has 5 heteroatoms. The lowest BCUT2D eigenvalue weighted by atomic mass is 10.0. The van der Waals surface area contributed by atoms with Crippen LogP contribution in [-0.4, -0.2) is 21.1 Å². The number of hydrogen-bond acceptors (Lipinski definition) is 3. The van der Waals surface area contributed by atoms with Gasteiger partial charge in [-0.3, -0.25) is 9.89 Å². The van der Waals surface area contributed by atoms with Gasteiger partial charge in [0.1, 0.15) is 6.33 Å². The molecule has 0 spiro atoms. The van der Waals surface area contributed by atoms with Crippen molar-refractivity contribution in [3.05, 3.63) is 48.0 Å². The van der Waals surface area contributed by atoms with E-state index in [4.69, 9.17) is 0 Å². The summed E-state index contributed by atoms with van der Waals surface area (Å²) in [5, 5.41) is 9.11. The molecule has 0 unspecified atom stereocenters. The van der Waals surface area contributed by atoms with Crippen molar-refractivity contribution in [1.29, 1.82) is 0 Å². The Morgan fingerprint density at radius 3 is 2.76 bits per heavy atom. The zero-order valence-corrected chi connectivity index (χ0v) is 9.55. The van der Waals surface area contributed by atoms with Crippen LogP contribution >= 0.6 is 0 Å². The molecule has 2 aromatic rings. The zero-order chi connectivity index (χ0) is 12.1. The lowest BCUT2D eigenvalue weighted by Crippen LogP contribution is -2.29. The van der Waals surface area contributed by atoms with E-state index in [0.29, 0.717) is 0 Å². The smallest absolute Gasteiger partial charge is 0.289 e. The van der Waals surface area contributed by atoms with Crippen LogP contribution in [0, 0.1) is 0 Å². The number of nitrogens with zero attached hydrogens (tertiary/aromatic N) is 2. The van der Waals surface area contributed by atoms with Crippen LogP contribution in [0.25, 0.3) is 0 Å². The molecule has 1 amide bonds. The molecule has 2 N–H and O–H groups in total. The van der Waals surface area contributed by atoms with Crippen molar-refractivity contribution in [2.24, 2.45) is 0 Å². The van der Waals surface area contributed by atoms with Gasteiger partial charge in [-0.2, -0.15) is 5.10 Å². The van der Waals surface area contributed by atoms with Crippen molar-refractivity contribution in [3.63, 3.8) is 0 Å². The first-order chi connectivity index (χ1) is 8.31. The molecule has 1 aromatic heterocycles. The Bertz CT molecular complexity index is 467. The summed E-state index contributed by atoms with van der Waals surface area (Å²) in [5.74, 6) is -0.00224. The van der Waals surface area contributed by atoms with Gasteiger partial charge in [0.2, 0.25) is 5.82 Å². The van der Waals surface area contributed by atoms with Crippen LogP contribution in [0.5, 0.6) is 0 Å². The SMILES string of the molecule is CC[C@@H](NC(=O)c1ncn[nH]1)c1ccccc1. The van der Waals surface area contributed by atoms with Crippen molar-refractivity contribution in [2.75, 3.05) is 0 Å². The second-order valence-electron chi connectivity index (χ2n) is 3.68. The molecule has 0 aliphatic carbocycles. The number of hydrogen-bond donors (Lipinski definition) is 2. The van der Waals surface area contributed by atoms with E-state index in [1.165, 1.54) is 6.33 Å². The summed E-state index contributed by atoms with van der Waals surface area (Å²) in [6.07, 6.45) is 2.14. The van der Waals surface area contributed by atoms with Gasteiger partial charge in [0.25, 0.3) is 5.91 Å². The van der Waals surface area contributed by atoms with Crippen LogP contribution in [-0.2, 0) is 0 Å². The molecule has 0 aliphatic rings. The van der Waals surface area contributed by atoms with Gasteiger partial charge in [0.05, 0.1) is 6.04 Å². The highest BCUT2D eigenvalue weighted by molar-refractivity contribution is 5.90. The first-order valence-electron chi connectivity index (χ1n) is 5.52. The maximum Gasteiger partial charge on any atom is 0.289 e. The van der Waals surface area contributed by atoms with Crippen LogP contribution in [0.4, 0.5) is 0 Å². The molecule has 0 saturated carbocycles. The summed E-state index contributed by atoms with van der Waals surface area (Å²) in [5.41, 5.74) is 1.09. The van der Waals surface area contributed by atoms with E-state index in [0.717, 1.165) is 12.0 Å².